The van der Waals surface area contributed by atoms with Crippen LogP contribution in [-0.2, 0) is 10.9 Å². The number of amides is 2. The van der Waals surface area contributed by atoms with Gasteiger partial charge in [-0.3, -0.25) is 4.79 Å². The number of alkyl halides is 6. The molecule has 0 aliphatic carbocycles. The first-order valence-corrected chi connectivity index (χ1v) is 10.6. The number of ether oxygens (including phenoxy) is 1. The van der Waals surface area contributed by atoms with E-state index in [0.717, 1.165) is 19.2 Å². The summed E-state index contributed by atoms with van der Waals surface area (Å²) in [7, 11) is 0. The van der Waals surface area contributed by atoms with Crippen LogP contribution < -0.4 is 0 Å². The summed E-state index contributed by atoms with van der Waals surface area (Å²) in [6.07, 6.45) is -9.86. The van der Waals surface area contributed by atoms with Gasteiger partial charge in [-0.05, 0) is 38.7 Å². The van der Waals surface area contributed by atoms with Crippen LogP contribution in [0.3, 0.4) is 0 Å². The molecule has 34 heavy (non-hydrogen) atoms. The average molecular weight is 493 g/mol. The number of fused-ring (bicyclic) bond motifs is 1. The lowest BCUT2D eigenvalue weighted by atomic mass is 9.85. The van der Waals surface area contributed by atoms with Crippen molar-refractivity contribution < 1.29 is 40.7 Å². The summed E-state index contributed by atoms with van der Waals surface area (Å²) >= 11 is 0. The maximum Gasteiger partial charge on any atom is 0.433 e. The van der Waals surface area contributed by atoms with Crippen LogP contribution in [0.4, 0.5) is 31.1 Å². The Morgan fingerprint density at radius 1 is 1.09 bits per heavy atom. The molecule has 186 valence electrons. The number of likely N-dealkylation sites (tertiary alicyclic amines) is 2. The molecule has 0 aromatic carbocycles. The molecule has 1 unspecified atom stereocenters. The number of nitrogens with zero attached hydrogens (tertiary/aromatic N) is 5. The van der Waals surface area contributed by atoms with Crippen molar-refractivity contribution in [2.24, 2.45) is 0 Å². The van der Waals surface area contributed by atoms with Gasteiger partial charge in [0.2, 0.25) is 0 Å². The molecule has 2 aliphatic rings. The van der Waals surface area contributed by atoms with Crippen LogP contribution in [0.5, 0.6) is 0 Å². The van der Waals surface area contributed by atoms with Crippen molar-refractivity contribution in [3.05, 3.63) is 29.7 Å². The molecule has 4 rings (SSSR count). The van der Waals surface area contributed by atoms with E-state index in [0.29, 0.717) is 36.7 Å². The fourth-order valence-corrected chi connectivity index (χ4v) is 4.53. The zero-order chi connectivity index (χ0) is 24.9. The topological polar surface area (TPSA) is 80.0 Å². The van der Waals surface area contributed by atoms with E-state index in [9.17, 15) is 35.9 Å². The van der Waals surface area contributed by atoms with Crippen LogP contribution >= 0.6 is 0 Å². The second-order valence-corrected chi connectivity index (χ2v) is 8.47. The van der Waals surface area contributed by atoms with Gasteiger partial charge in [0.25, 0.3) is 5.91 Å². The number of hydrogen-bond acceptors (Lipinski definition) is 5. The molecular weight excluding hydrogens is 472 g/mol. The second-order valence-electron chi connectivity index (χ2n) is 8.47. The van der Waals surface area contributed by atoms with Gasteiger partial charge >= 0.3 is 18.4 Å². The van der Waals surface area contributed by atoms with Gasteiger partial charge in [0.05, 0.1) is 0 Å². The van der Waals surface area contributed by atoms with Crippen LogP contribution in [0.2, 0.25) is 0 Å². The highest BCUT2D eigenvalue weighted by Crippen LogP contribution is 2.40. The monoisotopic (exact) mass is 493 g/mol. The molecule has 2 aromatic heterocycles. The first kappa shape index (κ1) is 24.1. The number of carbonyl (C=O) groups is 2. The average Bonchev–Trinajstić information content (AvgIpc) is 3.36. The number of hydrogen-bond donors (Lipinski definition) is 0. The molecule has 8 nitrogen and oxygen atoms in total. The van der Waals surface area contributed by atoms with E-state index in [1.54, 1.807) is 4.90 Å². The second kappa shape index (κ2) is 8.31. The number of aromatic nitrogens is 3. The molecule has 0 bridgehead atoms. The first-order valence-electron chi connectivity index (χ1n) is 10.6. The Bertz CT molecular complexity index is 1090. The number of rotatable bonds is 2. The van der Waals surface area contributed by atoms with Crippen molar-refractivity contribution in [1.29, 1.82) is 0 Å². The van der Waals surface area contributed by atoms with Crippen LogP contribution in [0.25, 0.3) is 5.65 Å². The third kappa shape index (κ3) is 4.37. The van der Waals surface area contributed by atoms with Crippen molar-refractivity contribution in [3.63, 3.8) is 0 Å². The minimum Gasteiger partial charge on any atom is -0.437 e. The van der Waals surface area contributed by atoms with E-state index in [1.807, 2.05) is 0 Å². The summed E-state index contributed by atoms with van der Waals surface area (Å²) in [5.41, 5.74) is -2.04. The van der Waals surface area contributed by atoms with E-state index in [4.69, 9.17) is 0 Å². The Hall–Kier alpha value is -3.06. The quantitative estimate of drug-likeness (QED) is 0.593. The number of carbonyl (C=O) groups excluding carboxylic acids is 2. The highest BCUT2D eigenvalue weighted by molar-refractivity contribution is 5.94. The lowest BCUT2D eigenvalue weighted by molar-refractivity contribution is -0.200. The highest BCUT2D eigenvalue weighted by atomic mass is 19.4. The van der Waals surface area contributed by atoms with E-state index < -0.39 is 41.7 Å². The molecule has 1 spiro atoms. The smallest absolute Gasteiger partial charge is 0.433 e. The van der Waals surface area contributed by atoms with Crippen LogP contribution in [0, 0.1) is 0 Å². The fraction of sp³-hybridized carbons (Fsp3) is 0.600. The predicted molar refractivity (Wildman–Crippen MR) is 104 cm³/mol. The van der Waals surface area contributed by atoms with E-state index in [-0.39, 0.29) is 24.4 Å². The largest absolute Gasteiger partial charge is 0.437 e. The van der Waals surface area contributed by atoms with Gasteiger partial charge in [-0.25, -0.2) is 14.3 Å². The van der Waals surface area contributed by atoms with Gasteiger partial charge in [-0.1, -0.05) is 0 Å². The third-order valence-corrected chi connectivity index (χ3v) is 6.40. The molecule has 1 atom stereocenters. The summed E-state index contributed by atoms with van der Waals surface area (Å²) in [6.45, 7) is 1.26. The highest BCUT2D eigenvalue weighted by Gasteiger charge is 2.48. The van der Waals surface area contributed by atoms with E-state index in [2.05, 4.69) is 14.8 Å². The lowest BCUT2D eigenvalue weighted by Crippen LogP contribution is -2.55. The minimum atomic E-state index is -4.69. The third-order valence-electron chi connectivity index (χ3n) is 6.40. The molecule has 0 saturated carbocycles. The summed E-state index contributed by atoms with van der Waals surface area (Å²) < 4.78 is 82.9. The Labute approximate surface area is 189 Å². The predicted octanol–water partition coefficient (Wildman–Crippen LogP) is 3.91. The summed E-state index contributed by atoms with van der Waals surface area (Å²) in [4.78, 5) is 31.9. The molecule has 4 heterocycles. The van der Waals surface area contributed by atoms with Crippen LogP contribution in [0.15, 0.2) is 18.3 Å². The van der Waals surface area contributed by atoms with Gasteiger partial charge in [0.1, 0.15) is 5.69 Å². The molecule has 14 heteroatoms. The van der Waals surface area contributed by atoms with Crippen molar-refractivity contribution in [2.45, 2.75) is 56.6 Å². The van der Waals surface area contributed by atoms with Gasteiger partial charge < -0.3 is 14.5 Å². The molecule has 2 saturated heterocycles. The SMILES string of the molecule is CC(OC(=O)N1CCC2(CCCN2C(=O)c2cc3nccc(C(F)(F)F)n3n2)CC1)C(F)(F)F. The van der Waals surface area contributed by atoms with E-state index >= 15 is 0 Å². The van der Waals surface area contributed by atoms with Crippen LogP contribution in [-0.4, -0.2) is 73.9 Å². The van der Waals surface area contributed by atoms with Crippen LogP contribution in [0.1, 0.15) is 48.8 Å². The zero-order valence-corrected chi connectivity index (χ0v) is 18.0. The van der Waals surface area contributed by atoms with Gasteiger partial charge in [-0.2, -0.15) is 31.4 Å². The van der Waals surface area contributed by atoms with Gasteiger partial charge in [0.15, 0.2) is 17.4 Å². The molecule has 2 fully saturated rings. The van der Waals surface area contributed by atoms with Gasteiger partial charge in [-0.15, -0.1) is 0 Å². The van der Waals surface area contributed by atoms with Crippen molar-refractivity contribution in [3.8, 4) is 0 Å². The molecule has 0 N–H and O–H groups in total. The Morgan fingerprint density at radius 2 is 1.76 bits per heavy atom. The summed E-state index contributed by atoms with van der Waals surface area (Å²) in [5.74, 6) is -0.558. The Morgan fingerprint density at radius 3 is 2.38 bits per heavy atom. The lowest BCUT2D eigenvalue weighted by Gasteiger charge is -2.44. The molecule has 2 aliphatic heterocycles. The van der Waals surface area contributed by atoms with Crippen molar-refractivity contribution >= 4 is 17.6 Å². The molecule has 0 radical (unpaired) electrons. The Balaban J connectivity index is 1.49. The normalized spacial score (nSPS) is 19.6. The first-order chi connectivity index (χ1) is 15.8. The standard InChI is InChI=1S/C20H21F6N5O3/c1-12(19(21,22)23)34-17(33)29-9-5-18(6-10-29)4-2-8-30(18)16(32)13-11-15-27-7-3-14(20(24,25)26)31(15)28-13/h3,7,11-12H,2,4-6,8-10H2,1H3. The molecule has 2 amide bonds. The van der Waals surface area contributed by atoms with Crippen molar-refractivity contribution in [1.82, 2.24) is 24.4 Å². The molecular formula is C20H21F6N5O3. The molecule has 2 aromatic rings. The number of halogens is 6. The maximum atomic E-state index is 13.3. The van der Waals surface area contributed by atoms with Crippen molar-refractivity contribution in [2.75, 3.05) is 19.6 Å². The minimum absolute atomic E-state index is 0.0815. The van der Waals surface area contributed by atoms with E-state index in [1.165, 1.54) is 11.0 Å². The number of piperidine rings is 1. The maximum absolute atomic E-state index is 13.3. The summed E-state index contributed by atoms with van der Waals surface area (Å²) in [6, 6.07) is 1.95. The Kier molecular flexibility index (Phi) is 5.88. The summed E-state index contributed by atoms with van der Waals surface area (Å²) in [5, 5.41) is 3.85. The van der Waals surface area contributed by atoms with Gasteiger partial charge in [0, 0.05) is 37.4 Å². The fourth-order valence-electron chi connectivity index (χ4n) is 4.53. The zero-order valence-electron chi connectivity index (χ0n) is 18.0.